The largest absolute Gasteiger partial charge is 0.378 e. The molecule has 4 nitrogen and oxygen atoms in total. The van der Waals surface area contributed by atoms with E-state index < -0.39 is 0 Å². The molecular weight excluding hydrogens is 306 g/mol. The Morgan fingerprint density at radius 2 is 2.16 bits per heavy atom. The first-order chi connectivity index (χ1) is 9.02. The highest BCUT2D eigenvalue weighted by Crippen LogP contribution is 2.27. The van der Waals surface area contributed by atoms with E-state index in [1.807, 2.05) is 26.0 Å². The fourth-order valence-electron chi connectivity index (χ4n) is 2.13. The van der Waals surface area contributed by atoms with Gasteiger partial charge in [0.2, 0.25) is 0 Å². The molecule has 1 unspecified atom stereocenters. The lowest BCUT2D eigenvalue weighted by Gasteiger charge is -2.15. The van der Waals surface area contributed by atoms with E-state index in [0.717, 1.165) is 27.2 Å². The summed E-state index contributed by atoms with van der Waals surface area (Å²) in [6.07, 6.45) is 0. The van der Waals surface area contributed by atoms with Gasteiger partial charge in [0.25, 0.3) is 0 Å². The third-order valence-electron chi connectivity index (χ3n) is 2.99. The van der Waals surface area contributed by atoms with E-state index in [1.54, 1.807) is 6.07 Å². The number of halogens is 1. The number of aryl methyl sites for hydroxylation is 2. The fraction of sp³-hybridized carbons (Fsp3) is 0.286. The van der Waals surface area contributed by atoms with Crippen molar-refractivity contribution in [2.75, 3.05) is 5.32 Å². The van der Waals surface area contributed by atoms with Crippen LogP contribution >= 0.6 is 15.9 Å². The number of nitrogens with zero attached hydrogens (tertiary/aromatic N) is 2. The van der Waals surface area contributed by atoms with Crippen molar-refractivity contribution in [3.63, 3.8) is 0 Å². The molecule has 0 saturated heterocycles. The summed E-state index contributed by atoms with van der Waals surface area (Å²) >= 11 is 3.38. The van der Waals surface area contributed by atoms with Crippen LogP contribution in [0.15, 0.2) is 27.2 Å². The van der Waals surface area contributed by atoms with E-state index in [-0.39, 0.29) is 6.04 Å². The molecule has 0 aliphatic rings. The van der Waals surface area contributed by atoms with Gasteiger partial charge in [0, 0.05) is 15.7 Å². The lowest BCUT2D eigenvalue weighted by molar-refractivity contribution is 0.392. The first-order valence-corrected chi connectivity index (χ1v) is 6.71. The van der Waals surface area contributed by atoms with Crippen molar-refractivity contribution < 1.29 is 4.52 Å². The molecule has 0 aliphatic heterocycles. The Morgan fingerprint density at radius 3 is 2.68 bits per heavy atom. The lowest BCUT2D eigenvalue weighted by Crippen LogP contribution is -2.08. The van der Waals surface area contributed by atoms with Crippen molar-refractivity contribution in [1.29, 1.82) is 5.26 Å². The summed E-state index contributed by atoms with van der Waals surface area (Å²) in [6, 6.07) is 7.78. The van der Waals surface area contributed by atoms with Gasteiger partial charge in [0.15, 0.2) is 0 Å². The number of nitrogens with one attached hydrogen (secondary N) is 1. The molecule has 0 spiro atoms. The second-order valence-corrected chi connectivity index (χ2v) is 5.26. The Morgan fingerprint density at radius 1 is 1.42 bits per heavy atom. The summed E-state index contributed by atoms with van der Waals surface area (Å²) < 4.78 is 5.96. The van der Waals surface area contributed by atoms with Gasteiger partial charge < -0.3 is 9.84 Å². The number of hydrogen-bond acceptors (Lipinski definition) is 4. The molecule has 2 aromatic rings. The Balaban J connectivity index is 2.22. The smallest absolute Gasteiger partial charge is 0.139 e. The van der Waals surface area contributed by atoms with E-state index in [1.165, 1.54) is 0 Å². The van der Waals surface area contributed by atoms with Gasteiger partial charge in [-0.25, -0.2) is 0 Å². The van der Waals surface area contributed by atoms with Gasteiger partial charge in [-0.05, 0) is 54.9 Å². The van der Waals surface area contributed by atoms with Gasteiger partial charge in [0.1, 0.15) is 11.8 Å². The highest BCUT2D eigenvalue weighted by molar-refractivity contribution is 9.10. The number of benzene rings is 1. The molecule has 98 valence electrons. The van der Waals surface area contributed by atoms with Gasteiger partial charge >= 0.3 is 0 Å². The van der Waals surface area contributed by atoms with Crippen molar-refractivity contribution in [2.45, 2.75) is 26.8 Å². The second kappa shape index (κ2) is 5.45. The molecule has 5 heteroatoms. The van der Waals surface area contributed by atoms with Gasteiger partial charge in [0.05, 0.1) is 17.3 Å². The van der Waals surface area contributed by atoms with Crippen molar-refractivity contribution in [2.24, 2.45) is 0 Å². The van der Waals surface area contributed by atoms with Gasteiger partial charge in [-0.15, -0.1) is 0 Å². The first kappa shape index (κ1) is 13.6. The predicted molar refractivity (Wildman–Crippen MR) is 76.9 cm³/mol. The Kier molecular flexibility index (Phi) is 3.91. The van der Waals surface area contributed by atoms with E-state index >= 15 is 0 Å². The zero-order valence-electron chi connectivity index (χ0n) is 11.0. The Hall–Kier alpha value is -1.80. The summed E-state index contributed by atoms with van der Waals surface area (Å²) in [4.78, 5) is 0. The molecule has 1 aromatic heterocycles. The molecule has 0 bridgehead atoms. The van der Waals surface area contributed by atoms with Crippen LogP contribution in [-0.2, 0) is 0 Å². The third kappa shape index (κ3) is 2.79. The van der Waals surface area contributed by atoms with Gasteiger partial charge in [-0.2, -0.15) is 5.26 Å². The minimum atomic E-state index is 0.0890. The molecule has 0 radical (unpaired) electrons. The molecule has 1 N–H and O–H groups in total. The lowest BCUT2D eigenvalue weighted by atomic mass is 10.1. The SMILES string of the molecule is Cc1noc(C)c1C(C)Nc1ccc(C#N)c(Br)c1. The molecule has 0 aliphatic carbocycles. The van der Waals surface area contributed by atoms with Crippen LogP contribution in [0.5, 0.6) is 0 Å². The topological polar surface area (TPSA) is 61.9 Å². The molecule has 1 heterocycles. The number of nitriles is 1. The van der Waals surface area contributed by atoms with Crippen LogP contribution in [0.4, 0.5) is 5.69 Å². The van der Waals surface area contributed by atoms with Gasteiger partial charge in [-0.3, -0.25) is 0 Å². The Labute approximate surface area is 120 Å². The van der Waals surface area contributed by atoms with E-state index in [9.17, 15) is 0 Å². The maximum Gasteiger partial charge on any atom is 0.139 e. The fourth-order valence-corrected chi connectivity index (χ4v) is 2.59. The zero-order chi connectivity index (χ0) is 14.0. The standard InChI is InChI=1S/C14H14BrN3O/c1-8(14-9(2)18-19-10(14)3)17-12-5-4-11(7-16)13(15)6-12/h4-6,8,17H,1-3H3. The third-order valence-corrected chi connectivity index (χ3v) is 3.65. The monoisotopic (exact) mass is 319 g/mol. The van der Waals surface area contributed by atoms with Crippen molar-refractivity contribution in [1.82, 2.24) is 5.16 Å². The van der Waals surface area contributed by atoms with Crippen LogP contribution in [0.25, 0.3) is 0 Å². The summed E-state index contributed by atoms with van der Waals surface area (Å²) in [7, 11) is 0. The highest BCUT2D eigenvalue weighted by Gasteiger charge is 2.16. The second-order valence-electron chi connectivity index (χ2n) is 4.41. The number of hydrogen-bond donors (Lipinski definition) is 1. The quantitative estimate of drug-likeness (QED) is 0.925. The molecular formula is C14H14BrN3O. The predicted octanol–water partition coefficient (Wildman–Crippen LogP) is 4.10. The Bertz CT molecular complexity index is 623. The zero-order valence-corrected chi connectivity index (χ0v) is 12.6. The van der Waals surface area contributed by atoms with Crippen LogP contribution in [0.2, 0.25) is 0 Å². The molecule has 0 fully saturated rings. The summed E-state index contributed by atoms with van der Waals surface area (Å²) in [5.74, 6) is 0.824. The van der Waals surface area contributed by atoms with Crippen LogP contribution in [0.1, 0.15) is 35.5 Å². The van der Waals surface area contributed by atoms with Crippen molar-refractivity contribution in [3.8, 4) is 6.07 Å². The van der Waals surface area contributed by atoms with E-state index in [2.05, 4.69) is 39.4 Å². The summed E-state index contributed by atoms with van der Waals surface area (Å²) in [5, 5.41) is 16.2. The minimum Gasteiger partial charge on any atom is -0.378 e. The average molecular weight is 320 g/mol. The summed E-state index contributed by atoms with van der Waals surface area (Å²) in [5.41, 5.74) is 3.53. The highest BCUT2D eigenvalue weighted by atomic mass is 79.9. The van der Waals surface area contributed by atoms with Crippen molar-refractivity contribution in [3.05, 3.63) is 45.3 Å². The normalized spacial score (nSPS) is 11.9. The molecule has 1 atom stereocenters. The summed E-state index contributed by atoms with van der Waals surface area (Å²) in [6.45, 7) is 5.89. The molecule has 0 saturated carbocycles. The molecule has 0 amide bonds. The van der Waals surface area contributed by atoms with E-state index in [4.69, 9.17) is 9.78 Å². The number of rotatable bonds is 3. The van der Waals surface area contributed by atoms with Crippen LogP contribution < -0.4 is 5.32 Å². The molecule has 19 heavy (non-hydrogen) atoms. The molecule has 1 aromatic carbocycles. The van der Waals surface area contributed by atoms with Crippen LogP contribution in [0, 0.1) is 25.2 Å². The van der Waals surface area contributed by atoms with E-state index in [0.29, 0.717) is 5.56 Å². The maximum absolute atomic E-state index is 8.89. The average Bonchev–Trinajstić information content (AvgIpc) is 2.69. The first-order valence-electron chi connectivity index (χ1n) is 5.92. The van der Waals surface area contributed by atoms with Crippen molar-refractivity contribution >= 4 is 21.6 Å². The van der Waals surface area contributed by atoms with Crippen LogP contribution in [0.3, 0.4) is 0 Å². The molecule has 2 rings (SSSR count). The van der Waals surface area contributed by atoms with Crippen LogP contribution in [-0.4, -0.2) is 5.16 Å². The number of anilines is 1. The maximum atomic E-state index is 8.89. The number of aromatic nitrogens is 1. The van der Waals surface area contributed by atoms with Gasteiger partial charge in [-0.1, -0.05) is 5.16 Å². The minimum absolute atomic E-state index is 0.0890.